The molecule has 0 radical (unpaired) electrons. The van der Waals surface area contributed by atoms with E-state index in [0.29, 0.717) is 35.8 Å². The minimum absolute atomic E-state index is 0.0264. The van der Waals surface area contributed by atoms with E-state index in [0.717, 1.165) is 31.6 Å². The second-order valence-electron chi connectivity index (χ2n) is 6.36. The fraction of sp³-hybridized carbons (Fsp3) is 0.389. The van der Waals surface area contributed by atoms with Gasteiger partial charge in [-0.15, -0.1) is 0 Å². The molecule has 2 aromatic rings. The van der Waals surface area contributed by atoms with Crippen LogP contribution in [0.4, 0.5) is 11.5 Å². The van der Waals surface area contributed by atoms with Crippen LogP contribution >= 0.6 is 0 Å². The van der Waals surface area contributed by atoms with Crippen molar-refractivity contribution in [1.82, 2.24) is 14.9 Å². The molecule has 7 nitrogen and oxygen atoms in total. The molecule has 25 heavy (non-hydrogen) atoms. The number of likely N-dealkylation sites (tertiary alicyclic amines) is 1. The highest BCUT2D eigenvalue weighted by molar-refractivity contribution is 5.95. The highest BCUT2D eigenvalue weighted by Crippen LogP contribution is 2.34. The Morgan fingerprint density at radius 2 is 2.04 bits per heavy atom. The van der Waals surface area contributed by atoms with Crippen LogP contribution < -0.4 is 15.1 Å². The fourth-order valence-corrected chi connectivity index (χ4v) is 3.37. The SMILES string of the molecule is N=c1cc(N2CCOc3cc(C(=O)N4CCCCC4)cnc32)cc[nH]1. The topological polar surface area (TPSA) is 85.3 Å². The van der Waals surface area contributed by atoms with Crippen molar-refractivity contribution in [3.63, 3.8) is 0 Å². The highest BCUT2D eigenvalue weighted by atomic mass is 16.5. The van der Waals surface area contributed by atoms with Crippen molar-refractivity contribution >= 4 is 17.4 Å². The molecule has 0 atom stereocenters. The van der Waals surface area contributed by atoms with Gasteiger partial charge in [0.05, 0.1) is 12.1 Å². The van der Waals surface area contributed by atoms with Gasteiger partial charge < -0.3 is 19.5 Å². The molecule has 7 heteroatoms. The van der Waals surface area contributed by atoms with E-state index < -0.39 is 0 Å². The average molecular weight is 339 g/mol. The van der Waals surface area contributed by atoms with Crippen LogP contribution in [0.25, 0.3) is 0 Å². The zero-order valence-electron chi connectivity index (χ0n) is 14.0. The van der Waals surface area contributed by atoms with E-state index in [-0.39, 0.29) is 5.91 Å². The van der Waals surface area contributed by atoms with Crippen molar-refractivity contribution in [3.8, 4) is 5.75 Å². The zero-order chi connectivity index (χ0) is 17.2. The second-order valence-corrected chi connectivity index (χ2v) is 6.36. The van der Waals surface area contributed by atoms with Gasteiger partial charge in [-0.05, 0) is 31.4 Å². The Hall–Kier alpha value is -2.83. The Morgan fingerprint density at radius 3 is 2.84 bits per heavy atom. The molecule has 2 aromatic heterocycles. The number of carbonyl (C=O) groups is 1. The number of H-pyrrole nitrogens is 1. The number of aromatic nitrogens is 2. The quantitative estimate of drug-likeness (QED) is 0.877. The zero-order valence-corrected chi connectivity index (χ0v) is 14.0. The van der Waals surface area contributed by atoms with E-state index in [1.807, 2.05) is 15.9 Å². The predicted molar refractivity (Wildman–Crippen MR) is 93.1 cm³/mol. The maximum atomic E-state index is 12.7. The minimum Gasteiger partial charge on any atom is -0.488 e. The minimum atomic E-state index is 0.0264. The summed E-state index contributed by atoms with van der Waals surface area (Å²) in [5.41, 5.74) is 1.79. The Morgan fingerprint density at radius 1 is 1.20 bits per heavy atom. The molecule has 0 unspecified atom stereocenters. The van der Waals surface area contributed by atoms with Gasteiger partial charge in [0, 0.05) is 37.2 Å². The van der Waals surface area contributed by atoms with Crippen LogP contribution in [0.2, 0.25) is 0 Å². The summed E-state index contributed by atoms with van der Waals surface area (Å²) in [5, 5.41) is 7.76. The first-order valence-corrected chi connectivity index (χ1v) is 8.65. The Bertz CT molecular complexity index is 841. The summed E-state index contributed by atoms with van der Waals surface area (Å²) < 4.78 is 5.75. The number of piperidine rings is 1. The molecule has 4 heterocycles. The molecular weight excluding hydrogens is 318 g/mol. The lowest BCUT2D eigenvalue weighted by molar-refractivity contribution is 0.0723. The Kier molecular flexibility index (Phi) is 4.13. The van der Waals surface area contributed by atoms with Crippen molar-refractivity contribution in [3.05, 3.63) is 41.6 Å². The number of nitrogens with one attached hydrogen (secondary N) is 2. The first kappa shape index (κ1) is 15.7. The van der Waals surface area contributed by atoms with Crippen LogP contribution in [0.5, 0.6) is 5.75 Å². The van der Waals surface area contributed by atoms with Gasteiger partial charge in [-0.3, -0.25) is 10.2 Å². The number of nitrogens with zero attached hydrogens (tertiary/aromatic N) is 3. The smallest absolute Gasteiger partial charge is 0.255 e. The van der Waals surface area contributed by atoms with Crippen LogP contribution in [0.1, 0.15) is 29.6 Å². The normalized spacial score (nSPS) is 17.0. The lowest BCUT2D eigenvalue weighted by atomic mass is 10.1. The van der Waals surface area contributed by atoms with Gasteiger partial charge in [-0.2, -0.15) is 0 Å². The van der Waals surface area contributed by atoms with Gasteiger partial charge in [-0.25, -0.2) is 4.98 Å². The highest BCUT2D eigenvalue weighted by Gasteiger charge is 2.25. The first-order valence-electron chi connectivity index (χ1n) is 8.65. The van der Waals surface area contributed by atoms with E-state index in [2.05, 4.69) is 9.97 Å². The van der Waals surface area contributed by atoms with E-state index in [9.17, 15) is 4.79 Å². The molecule has 0 saturated carbocycles. The third-order valence-corrected chi connectivity index (χ3v) is 4.65. The Balaban J connectivity index is 1.64. The fourth-order valence-electron chi connectivity index (χ4n) is 3.37. The number of ether oxygens (including phenoxy) is 1. The molecule has 2 aliphatic rings. The van der Waals surface area contributed by atoms with Gasteiger partial charge in [-0.1, -0.05) is 0 Å². The number of pyridine rings is 2. The van der Waals surface area contributed by atoms with Crippen molar-refractivity contribution < 1.29 is 9.53 Å². The van der Waals surface area contributed by atoms with Gasteiger partial charge in [0.2, 0.25) is 0 Å². The molecule has 0 bridgehead atoms. The van der Waals surface area contributed by atoms with E-state index in [1.54, 1.807) is 24.5 Å². The average Bonchev–Trinajstić information content (AvgIpc) is 2.67. The van der Waals surface area contributed by atoms with Crippen LogP contribution in [-0.2, 0) is 0 Å². The molecule has 0 aliphatic carbocycles. The molecular formula is C18H21N5O2. The summed E-state index contributed by atoms with van der Waals surface area (Å²) in [6, 6.07) is 5.45. The number of aromatic amines is 1. The molecule has 1 fully saturated rings. The van der Waals surface area contributed by atoms with E-state index >= 15 is 0 Å². The molecule has 2 N–H and O–H groups in total. The summed E-state index contributed by atoms with van der Waals surface area (Å²) >= 11 is 0. The number of hydrogen-bond acceptors (Lipinski definition) is 5. The van der Waals surface area contributed by atoms with Gasteiger partial charge in [0.1, 0.15) is 12.1 Å². The number of fused-ring (bicyclic) bond motifs is 1. The molecule has 0 spiro atoms. The van der Waals surface area contributed by atoms with E-state index in [1.165, 1.54) is 6.42 Å². The predicted octanol–water partition coefficient (Wildman–Crippen LogP) is 2.05. The van der Waals surface area contributed by atoms with Crippen molar-refractivity contribution in [1.29, 1.82) is 5.41 Å². The maximum absolute atomic E-state index is 12.7. The summed E-state index contributed by atoms with van der Waals surface area (Å²) in [7, 11) is 0. The largest absolute Gasteiger partial charge is 0.488 e. The van der Waals surface area contributed by atoms with Crippen molar-refractivity contribution in [2.24, 2.45) is 0 Å². The monoisotopic (exact) mass is 339 g/mol. The number of anilines is 2. The summed E-state index contributed by atoms with van der Waals surface area (Å²) in [5.74, 6) is 1.33. The third kappa shape index (κ3) is 3.09. The summed E-state index contributed by atoms with van der Waals surface area (Å²) in [6.45, 7) is 2.80. The Labute approximate surface area is 145 Å². The number of amides is 1. The first-order chi connectivity index (χ1) is 12.2. The van der Waals surface area contributed by atoms with Crippen LogP contribution in [0.15, 0.2) is 30.6 Å². The number of hydrogen-bond donors (Lipinski definition) is 2. The van der Waals surface area contributed by atoms with Gasteiger partial charge >= 0.3 is 0 Å². The van der Waals surface area contributed by atoms with E-state index in [4.69, 9.17) is 10.1 Å². The number of carbonyl (C=O) groups excluding carboxylic acids is 1. The van der Waals surface area contributed by atoms with Crippen molar-refractivity contribution in [2.75, 3.05) is 31.1 Å². The lowest BCUT2D eigenvalue weighted by Crippen LogP contribution is -2.36. The molecule has 1 amide bonds. The van der Waals surface area contributed by atoms with Gasteiger partial charge in [0.15, 0.2) is 11.6 Å². The molecule has 4 rings (SSSR count). The molecule has 0 aromatic carbocycles. The van der Waals surface area contributed by atoms with Crippen LogP contribution in [0, 0.1) is 5.41 Å². The summed E-state index contributed by atoms with van der Waals surface area (Å²) in [4.78, 5) is 23.9. The summed E-state index contributed by atoms with van der Waals surface area (Å²) in [6.07, 6.45) is 6.69. The van der Waals surface area contributed by atoms with Gasteiger partial charge in [0.25, 0.3) is 5.91 Å². The second kappa shape index (κ2) is 6.58. The molecule has 1 saturated heterocycles. The maximum Gasteiger partial charge on any atom is 0.255 e. The number of rotatable bonds is 2. The van der Waals surface area contributed by atoms with Crippen LogP contribution in [0.3, 0.4) is 0 Å². The standard InChI is InChI=1S/C18H21N5O2/c19-16-11-14(4-5-20-16)23-8-9-25-15-10-13(12-21-17(15)23)18(24)22-6-2-1-3-7-22/h4-5,10-12H,1-3,6-9H2,(H2,19,20). The molecule has 130 valence electrons. The lowest BCUT2D eigenvalue weighted by Gasteiger charge is -2.31. The van der Waals surface area contributed by atoms with Crippen LogP contribution in [-0.4, -0.2) is 47.0 Å². The third-order valence-electron chi connectivity index (χ3n) is 4.65. The van der Waals surface area contributed by atoms with Crippen molar-refractivity contribution in [2.45, 2.75) is 19.3 Å². The molecule has 2 aliphatic heterocycles.